The van der Waals surface area contributed by atoms with Crippen LogP contribution in [0, 0.1) is 17.6 Å². The molecule has 0 spiro atoms. The largest absolute Gasteiger partial charge is 0.444 e. The van der Waals surface area contributed by atoms with Gasteiger partial charge in [-0.3, -0.25) is 0 Å². The number of rotatable bonds is 4. The number of alkyl carbamates (subject to hydrolysis) is 1. The number of aliphatic hydroxyl groups excluding tert-OH is 1. The van der Waals surface area contributed by atoms with Crippen LogP contribution in [0.1, 0.15) is 32.8 Å². The van der Waals surface area contributed by atoms with E-state index in [4.69, 9.17) is 4.74 Å². The Labute approximate surface area is 128 Å². The lowest BCUT2D eigenvalue weighted by Gasteiger charge is -2.23. The molecule has 6 heteroatoms. The minimum atomic E-state index is -0.671. The highest BCUT2D eigenvalue weighted by molar-refractivity contribution is 5.68. The second kappa shape index (κ2) is 5.83. The van der Waals surface area contributed by atoms with Gasteiger partial charge in [0.05, 0.1) is 0 Å². The van der Waals surface area contributed by atoms with E-state index in [9.17, 15) is 18.7 Å². The molecule has 122 valence electrons. The van der Waals surface area contributed by atoms with Crippen molar-refractivity contribution in [1.82, 2.24) is 5.32 Å². The van der Waals surface area contributed by atoms with Crippen molar-refractivity contribution in [3.05, 3.63) is 35.4 Å². The van der Waals surface area contributed by atoms with E-state index in [1.54, 1.807) is 20.8 Å². The lowest BCUT2D eigenvalue weighted by atomic mass is 9.93. The molecule has 4 nitrogen and oxygen atoms in total. The van der Waals surface area contributed by atoms with Gasteiger partial charge in [-0.2, -0.15) is 0 Å². The number of ether oxygens (including phenoxy) is 1. The number of halogens is 2. The van der Waals surface area contributed by atoms with Crippen molar-refractivity contribution >= 4 is 6.09 Å². The van der Waals surface area contributed by atoms with Crippen molar-refractivity contribution in [2.45, 2.75) is 38.2 Å². The van der Waals surface area contributed by atoms with Crippen LogP contribution >= 0.6 is 0 Å². The lowest BCUT2D eigenvalue weighted by Crippen LogP contribution is -2.38. The predicted molar refractivity (Wildman–Crippen MR) is 77.5 cm³/mol. The molecule has 2 rings (SSSR count). The Morgan fingerprint density at radius 1 is 1.36 bits per heavy atom. The standard InChI is InChI=1S/C16H21F2NO3/c1-15(2,3)22-14(21)19-9-16(7-11(16)8-20)10-4-12(17)6-13(18)5-10/h4-6,11,20H,7-9H2,1-3H3,(H,19,21)/t11-,16+/m0/s1. The minimum Gasteiger partial charge on any atom is -0.444 e. The first-order chi connectivity index (χ1) is 10.2. The topological polar surface area (TPSA) is 58.6 Å². The van der Waals surface area contributed by atoms with E-state index < -0.39 is 28.7 Å². The molecule has 0 heterocycles. The van der Waals surface area contributed by atoms with E-state index in [2.05, 4.69) is 5.32 Å². The van der Waals surface area contributed by atoms with Crippen LogP contribution in [0.2, 0.25) is 0 Å². The summed E-state index contributed by atoms with van der Waals surface area (Å²) in [4.78, 5) is 11.7. The van der Waals surface area contributed by atoms with Gasteiger partial charge >= 0.3 is 6.09 Å². The molecular formula is C16H21F2NO3. The summed E-state index contributed by atoms with van der Waals surface area (Å²) in [5.74, 6) is -1.48. The fraction of sp³-hybridized carbons (Fsp3) is 0.562. The number of hydrogen-bond donors (Lipinski definition) is 2. The van der Waals surface area contributed by atoms with Crippen molar-refractivity contribution in [3.8, 4) is 0 Å². The highest BCUT2D eigenvalue weighted by atomic mass is 19.1. The zero-order valence-corrected chi connectivity index (χ0v) is 13.0. The minimum absolute atomic E-state index is 0.103. The van der Waals surface area contributed by atoms with Crippen LogP contribution in [0.25, 0.3) is 0 Å². The van der Waals surface area contributed by atoms with E-state index >= 15 is 0 Å². The van der Waals surface area contributed by atoms with E-state index in [0.717, 1.165) is 6.07 Å². The molecule has 22 heavy (non-hydrogen) atoms. The van der Waals surface area contributed by atoms with Crippen LogP contribution in [0.4, 0.5) is 13.6 Å². The second-order valence-corrected chi connectivity index (χ2v) is 6.75. The molecule has 0 aliphatic heterocycles. The third kappa shape index (κ3) is 3.74. The third-order valence-corrected chi connectivity index (χ3v) is 3.84. The van der Waals surface area contributed by atoms with Gasteiger partial charge in [-0.05, 0) is 50.8 Å². The maximum absolute atomic E-state index is 13.4. The van der Waals surface area contributed by atoms with Crippen molar-refractivity contribution in [2.24, 2.45) is 5.92 Å². The molecule has 0 saturated heterocycles. The van der Waals surface area contributed by atoms with Crippen molar-refractivity contribution in [1.29, 1.82) is 0 Å². The fourth-order valence-corrected chi connectivity index (χ4v) is 2.68. The van der Waals surface area contributed by atoms with Crippen LogP contribution < -0.4 is 5.32 Å². The summed E-state index contributed by atoms with van der Waals surface area (Å²) < 4.78 is 32.0. The SMILES string of the molecule is CC(C)(C)OC(=O)NC[C@@]1(c2cc(F)cc(F)c2)C[C@H]1CO. The quantitative estimate of drug-likeness (QED) is 0.898. The maximum atomic E-state index is 13.4. The van der Waals surface area contributed by atoms with Gasteiger partial charge in [-0.1, -0.05) is 0 Å². The average Bonchev–Trinajstić information content (AvgIpc) is 3.08. The fourth-order valence-electron chi connectivity index (χ4n) is 2.68. The highest BCUT2D eigenvalue weighted by Crippen LogP contribution is 2.53. The molecule has 1 saturated carbocycles. The Morgan fingerprint density at radius 2 is 1.95 bits per heavy atom. The van der Waals surface area contributed by atoms with Crippen molar-refractivity contribution in [3.63, 3.8) is 0 Å². The first-order valence-corrected chi connectivity index (χ1v) is 7.20. The van der Waals surface area contributed by atoms with Crippen molar-refractivity contribution in [2.75, 3.05) is 13.2 Å². The Kier molecular flexibility index (Phi) is 4.42. The molecule has 1 amide bonds. The van der Waals surface area contributed by atoms with Gasteiger partial charge in [0.25, 0.3) is 0 Å². The van der Waals surface area contributed by atoms with Gasteiger partial charge in [-0.15, -0.1) is 0 Å². The maximum Gasteiger partial charge on any atom is 0.407 e. The van der Waals surface area contributed by atoms with Crippen LogP contribution in [0.3, 0.4) is 0 Å². The number of aliphatic hydroxyl groups is 1. The van der Waals surface area contributed by atoms with Crippen LogP contribution in [0.5, 0.6) is 0 Å². The summed E-state index contributed by atoms with van der Waals surface area (Å²) in [7, 11) is 0. The third-order valence-electron chi connectivity index (χ3n) is 3.84. The van der Waals surface area contributed by atoms with E-state index in [0.29, 0.717) is 12.0 Å². The number of nitrogens with one attached hydrogen (secondary N) is 1. The lowest BCUT2D eigenvalue weighted by molar-refractivity contribution is 0.0520. The monoisotopic (exact) mass is 313 g/mol. The average molecular weight is 313 g/mol. The Morgan fingerprint density at radius 3 is 2.41 bits per heavy atom. The molecule has 1 aromatic rings. The van der Waals surface area contributed by atoms with Crippen molar-refractivity contribution < 1.29 is 23.4 Å². The summed E-state index contributed by atoms with van der Waals surface area (Å²) in [6.07, 6.45) is -0.0327. The van der Waals surface area contributed by atoms with Gasteiger partial charge in [0.2, 0.25) is 0 Å². The number of hydrogen-bond acceptors (Lipinski definition) is 3. The summed E-state index contributed by atoms with van der Waals surface area (Å²) in [6, 6.07) is 3.29. The number of amides is 1. The molecule has 1 fully saturated rings. The molecule has 1 aliphatic rings. The first kappa shape index (κ1) is 16.7. The van der Waals surface area contributed by atoms with Gasteiger partial charge in [0.15, 0.2) is 0 Å². The van der Waals surface area contributed by atoms with Gasteiger partial charge in [-0.25, -0.2) is 13.6 Å². The molecule has 2 N–H and O–H groups in total. The molecule has 1 aromatic carbocycles. The van der Waals surface area contributed by atoms with Gasteiger partial charge in [0.1, 0.15) is 17.2 Å². The molecular weight excluding hydrogens is 292 g/mol. The molecule has 0 bridgehead atoms. The molecule has 2 atom stereocenters. The number of carbonyl (C=O) groups excluding carboxylic acids is 1. The normalized spacial score (nSPS) is 24.0. The van der Waals surface area contributed by atoms with Gasteiger partial charge < -0.3 is 15.2 Å². The van der Waals surface area contributed by atoms with Crippen LogP contribution in [-0.4, -0.2) is 30.0 Å². The van der Waals surface area contributed by atoms with E-state index in [1.807, 2.05) is 0 Å². The summed E-state index contributed by atoms with van der Waals surface area (Å²) in [5.41, 5.74) is -0.823. The zero-order valence-electron chi connectivity index (χ0n) is 13.0. The zero-order chi connectivity index (χ0) is 16.5. The Balaban J connectivity index is 2.12. The smallest absolute Gasteiger partial charge is 0.407 e. The van der Waals surface area contributed by atoms with Crippen LogP contribution in [0.15, 0.2) is 18.2 Å². The predicted octanol–water partition coefficient (Wildman–Crippen LogP) is 2.74. The number of benzene rings is 1. The Hall–Kier alpha value is -1.69. The second-order valence-electron chi connectivity index (χ2n) is 6.75. The molecule has 1 aliphatic carbocycles. The van der Waals surface area contributed by atoms with E-state index in [-0.39, 0.29) is 19.1 Å². The molecule has 0 aromatic heterocycles. The first-order valence-electron chi connectivity index (χ1n) is 7.20. The molecule has 0 radical (unpaired) electrons. The summed E-state index contributed by atoms with van der Waals surface area (Å²) in [5, 5.41) is 12.0. The summed E-state index contributed by atoms with van der Waals surface area (Å²) in [6.45, 7) is 5.30. The van der Waals surface area contributed by atoms with Gasteiger partial charge in [0, 0.05) is 24.6 Å². The van der Waals surface area contributed by atoms with Crippen LogP contribution in [-0.2, 0) is 10.2 Å². The Bertz CT molecular complexity index is 551. The highest BCUT2D eigenvalue weighted by Gasteiger charge is 2.55. The summed E-state index contributed by atoms with van der Waals surface area (Å²) >= 11 is 0. The van der Waals surface area contributed by atoms with E-state index in [1.165, 1.54) is 12.1 Å². The number of carbonyl (C=O) groups is 1. The molecule has 0 unspecified atom stereocenters.